The summed E-state index contributed by atoms with van der Waals surface area (Å²) < 4.78 is 70.1. The van der Waals surface area contributed by atoms with Crippen LogP contribution < -0.4 is 10.4 Å². The molecule has 31 heavy (non-hydrogen) atoms. The molecule has 1 saturated heterocycles. The minimum Gasteiger partial charge on any atom is -0.483 e. The molecule has 0 radical (unpaired) electrons. The van der Waals surface area contributed by atoms with E-state index in [2.05, 4.69) is 11.0 Å². The highest BCUT2D eigenvalue weighted by Crippen LogP contribution is 2.27. The third-order valence-electron chi connectivity index (χ3n) is 4.62. The Bertz CT molecular complexity index is 1020. The van der Waals surface area contributed by atoms with Crippen molar-refractivity contribution in [2.45, 2.75) is 51.8 Å². The second-order valence-corrected chi connectivity index (χ2v) is 6.81. The fourth-order valence-electron chi connectivity index (χ4n) is 3.13. The van der Waals surface area contributed by atoms with Crippen LogP contribution in [0, 0.1) is 18.2 Å². The first-order valence-electron chi connectivity index (χ1n) is 9.65. The summed E-state index contributed by atoms with van der Waals surface area (Å²) in [6, 6.07) is 1.75. The zero-order valence-electron chi connectivity index (χ0n) is 16.7. The maximum Gasteiger partial charge on any atom is 0.422 e. The number of nitrogens with zero attached hydrogens (tertiary/aromatic N) is 3. The van der Waals surface area contributed by atoms with E-state index >= 15 is 0 Å². The van der Waals surface area contributed by atoms with Gasteiger partial charge in [0.25, 0.3) is 0 Å². The van der Waals surface area contributed by atoms with E-state index in [9.17, 15) is 22.4 Å². The second kappa shape index (κ2) is 9.53. The van der Waals surface area contributed by atoms with Crippen molar-refractivity contribution in [1.29, 1.82) is 0 Å². The maximum atomic E-state index is 14.6. The van der Waals surface area contributed by atoms with Crippen molar-refractivity contribution in [3.05, 3.63) is 39.8 Å². The molecule has 1 aromatic heterocycles. The summed E-state index contributed by atoms with van der Waals surface area (Å²) in [6.45, 7) is 0.829. The minimum absolute atomic E-state index is 0.0533. The molecular weight excluding hydrogens is 422 g/mol. The van der Waals surface area contributed by atoms with E-state index in [0.717, 1.165) is 29.7 Å². The molecule has 7 nitrogen and oxygen atoms in total. The van der Waals surface area contributed by atoms with Crippen LogP contribution in [0.3, 0.4) is 0 Å². The standard InChI is InChI=1S/C20H21F4N3O4/c1-3-13-9-14(21)15(10-16(13)31-12-20(22,23)24)27-19(28)26(4-2)17(25-27)11-30-18-7-5-6-8-29-18/h1,9-10,18H,4-8,11-12H2,2H3. The highest BCUT2D eigenvalue weighted by molar-refractivity contribution is 5.52. The lowest BCUT2D eigenvalue weighted by Crippen LogP contribution is -2.26. The van der Waals surface area contributed by atoms with Gasteiger partial charge in [-0.1, -0.05) is 5.92 Å². The third kappa shape index (κ3) is 5.45. The smallest absolute Gasteiger partial charge is 0.422 e. The molecule has 0 amide bonds. The van der Waals surface area contributed by atoms with Crippen LogP contribution in [0.25, 0.3) is 5.69 Å². The van der Waals surface area contributed by atoms with Crippen LogP contribution in [0.1, 0.15) is 37.6 Å². The SMILES string of the molecule is C#Cc1cc(F)c(-n2nc(COC3CCCCO3)n(CC)c2=O)cc1OCC(F)(F)F. The lowest BCUT2D eigenvalue weighted by molar-refractivity contribution is -0.170. The van der Waals surface area contributed by atoms with E-state index in [-0.39, 0.29) is 36.0 Å². The first kappa shape index (κ1) is 22.8. The Morgan fingerprint density at radius 3 is 2.74 bits per heavy atom. The van der Waals surface area contributed by atoms with Crippen LogP contribution in [0.2, 0.25) is 0 Å². The largest absolute Gasteiger partial charge is 0.483 e. The van der Waals surface area contributed by atoms with Crippen molar-refractivity contribution < 1.29 is 31.8 Å². The Kier molecular flexibility index (Phi) is 7.02. The molecule has 0 bridgehead atoms. The predicted octanol–water partition coefficient (Wildman–Crippen LogP) is 3.16. The number of hydrogen-bond donors (Lipinski definition) is 0. The lowest BCUT2D eigenvalue weighted by atomic mass is 10.2. The topological polar surface area (TPSA) is 67.5 Å². The summed E-state index contributed by atoms with van der Waals surface area (Å²) >= 11 is 0. The first-order valence-corrected chi connectivity index (χ1v) is 9.65. The van der Waals surface area contributed by atoms with Gasteiger partial charge in [-0.05, 0) is 32.3 Å². The van der Waals surface area contributed by atoms with Gasteiger partial charge in [-0.2, -0.15) is 17.9 Å². The van der Waals surface area contributed by atoms with Crippen LogP contribution in [0.4, 0.5) is 17.6 Å². The molecule has 1 unspecified atom stereocenters. The van der Waals surface area contributed by atoms with Crippen molar-refractivity contribution in [3.8, 4) is 23.8 Å². The lowest BCUT2D eigenvalue weighted by Gasteiger charge is -2.22. The van der Waals surface area contributed by atoms with Gasteiger partial charge in [0.15, 0.2) is 24.5 Å². The van der Waals surface area contributed by atoms with Crippen LogP contribution in [-0.4, -0.2) is 40.0 Å². The number of alkyl halides is 3. The monoisotopic (exact) mass is 443 g/mol. The minimum atomic E-state index is -4.62. The molecule has 168 valence electrons. The molecule has 2 heterocycles. The van der Waals surface area contributed by atoms with Gasteiger partial charge in [0.1, 0.15) is 18.0 Å². The summed E-state index contributed by atoms with van der Waals surface area (Å²) in [5.74, 6) is 0.975. The second-order valence-electron chi connectivity index (χ2n) is 6.81. The molecule has 0 aliphatic carbocycles. The van der Waals surface area contributed by atoms with Crippen LogP contribution in [0.5, 0.6) is 5.75 Å². The van der Waals surface area contributed by atoms with Crippen molar-refractivity contribution >= 4 is 0 Å². The molecule has 0 saturated carbocycles. The molecule has 1 aromatic carbocycles. The highest BCUT2D eigenvalue weighted by atomic mass is 19.4. The van der Waals surface area contributed by atoms with Gasteiger partial charge in [0.2, 0.25) is 0 Å². The quantitative estimate of drug-likeness (QED) is 0.486. The van der Waals surface area contributed by atoms with E-state index in [1.807, 2.05) is 0 Å². The Balaban J connectivity index is 1.93. The molecule has 1 atom stereocenters. The van der Waals surface area contributed by atoms with Crippen LogP contribution in [0.15, 0.2) is 16.9 Å². The normalized spacial score (nSPS) is 16.8. The number of hydrogen-bond acceptors (Lipinski definition) is 5. The van der Waals surface area contributed by atoms with Crippen LogP contribution in [-0.2, 0) is 22.6 Å². The Morgan fingerprint density at radius 1 is 1.35 bits per heavy atom. The molecule has 1 aliphatic heterocycles. The summed E-state index contributed by atoms with van der Waals surface area (Å²) in [7, 11) is 0. The van der Waals surface area contributed by atoms with E-state index in [4.69, 9.17) is 20.6 Å². The summed E-state index contributed by atoms with van der Waals surface area (Å²) in [4.78, 5) is 12.8. The predicted molar refractivity (Wildman–Crippen MR) is 101 cm³/mol. The molecule has 1 aliphatic rings. The van der Waals surface area contributed by atoms with Gasteiger partial charge in [-0.15, -0.1) is 11.5 Å². The zero-order valence-corrected chi connectivity index (χ0v) is 16.7. The van der Waals surface area contributed by atoms with Gasteiger partial charge < -0.3 is 14.2 Å². The molecule has 11 heteroatoms. The van der Waals surface area contributed by atoms with Crippen molar-refractivity contribution in [2.75, 3.05) is 13.2 Å². The van der Waals surface area contributed by atoms with Crippen molar-refractivity contribution in [1.82, 2.24) is 14.3 Å². The fourth-order valence-corrected chi connectivity index (χ4v) is 3.13. The molecule has 0 N–H and O–H groups in total. The fraction of sp³-hybridized carbons (Fsp3) is 0.500. The van der Waals surface area contributed by atoms with Crippen molar-refractivity contribution in [3.63, 3.8) is 0 Å². The van der Waals surface area contributed by atoms with Gasteiger partial charge in [0.05, 0.1) is 5.56 Å². The molecule has 1 fully saturated rings. The van der Waals surface area contributed by atoms with Crippen molar-refractivity contribution in [2.24, 2.45) is 0 Å². The van der Waals surface area contributed by atoms with Gasteiger partial charge in [-0.3, -0.25) is 4.57 Å². The average Bonchev–Trinajstić information content (AvgIpc) is 3.06. The third-order valence-corrected chi connectivity index (χ3v) is 4.62. The number of halogens is 4. The van der Waals surface area contributed by atoms with E-state index < -0.39 is 30.6 Å². The Labute approximate surface area is 175 Å². The number of ether oxygens (including phenoxy) is 3. The number of terminal acetylenes is 1. The van der Waals surface area contributed by atoms with Gasteiger partial charge in [0, 0.05) is 19.2 Å². The van der Waals surface area contributed by atoms with E-state index in [1.54, 1.807) is 6.92 Å². The van der Waals surface area contributed by atoms with Crippen LogP contribution >= 0.6 is 0 Å². The van der Waals surface area contributed by atoms with Gasteiger partial charge >= 0.3 is 11.9 Å². The Hall–Kier alpha value is -2.84. The Morgan fingerprint density at radius 2 is 2.13 bits per heavy atom. The maximum absolute atomic E-state index is 14.6. The van der Waals surface area contributed by atoms with Gasteiger partial charge in [-0.25, -0.2) is 9.18 Å². The number of benzene rings is 1. The summed E-state index contributed by atoms with van der Waals surface area (Å²) in [6.07, 6.45) is 2.81. The molecule has 0 spiro atoms. The molecule has 3 rings (SSSR count). The number of aromatic nitrogens is 3. The molecular formula is C20H21F4N3O4. The average molecular weight is 443 g/mol. The molecule has 2 aromatic rings. The highest BCUT2D eigenvalue weighted by Gasteiger charge is 2.29. The number of rotatable bonds is 7. The van der Waals surface area contributed by atoms with E-state index in [1.165, 1.54) is 4.57 Å². The summed E-state index contributed by atoms with van der Waals surface area (Å²) in [5.41, 5.74) is -1.28. The first-order chi connectivity index (χ1) is 14.7. The summed E-state index contributed by atoms with van der Waals surface area (Å²) in [5, 5.41) is 4.12. The van der Waals surface area contributed by atoms with E-state index in [0.29, 0.717) is 13.0 Å². The zero-order chi connectivity index (χ0) is 22.6.